The van der Waals surface area contributed by atoms with Gasteiger partial charge in [0.25, 0.3) is 0 Å². The maximum atomic E-state index is 6.15. The van der Waals surface area contributed by atoms with Crippen LogP contribution in [0, 0.1) is 0 Å². The molecule has 1 N–H and O–H groups in total. The Hall–Kier alpha value is -1.81. The van der Waals surface area contributed by atoms with Gasteiger partial charge < -0.3 is 14.6 Å². The van der Waals surface area contributed by atoms with Gasteiger partial charge in [0.1, 0.15) is 0 Å². The standard InChI is InChI=1S/C17H23N3O/c1-16(2)11-15(17(3,4)21-16)19-13-6-5-7-14(10-13)20-9-8-18-12-20/h5-10,12,15,19H,11H2,1-4H3. The number of nitrogens with one attached hydrogen (secondary N) is 1. The molecule has 0 saturated carbocycles. The number of hydrogen-bond donors (Lipinski definition) is 1. The molecule has 112 valence electrons. The van der Waals surface area contributed by atoms with E-state index in [0.29, 0.717) is 6.04 Å². The first-order valence-corrected chi connectivity index (χ1v) is 7.41. The Morgan fingerprint density at radius 3 is 2.71 bits per heavy atom. The van der Waals surface area contributed by atoms with Crippen molar-refractivity contribution in [2.45, 2.75) is 51.4 Å². The van der Waals surface area contributed by atoms with Gasteiger partial charge in [-0.25, -0.2) is 4.98 Å². The first-order valence-electron chi connectivity index (χ1n) is 7.41. The average Bonchev–Trinajstić information content (AvgIpc) is 2.96. The number of nitrogens with zero attached hydrogens (tertiary/aromatic N) is 2. The molecular weight excluding hydrogens is 262 g/mol. The smallest absolute Gasteiger partial charge is 0.0991 e. The monoisotopic (exact) mass is 285 g/mol. The van der Waals surface area contributed by atoms with Crippen LogP contribution in [-0.4, -0.2) is 26.8 Å². The highest BCUT2D eigenvalue weighted by molar-refractivity contribution is 5.52. The van der Waals surface area contributed by atoms with Crippen molar-refractivity contribution in [1.29, 1.82) is 0 Å². The number of rotatable bonds is 3. The largest absolute Gasteiger partial charge is 0.379 e. The predicted octanol–water partition coefficient (Wildman–Crippen LogP) is 3.63. The van der Waals surface area contributed by atoms with E-state index in [1.807, 2.05) is 17.1 Å². The van der Waals surface area contributed by atoms with Crippen LogP contribution in [-0.2, 0) is 4.74 Å². The minimum Gasteiger partial charge on any atom is -0.379 e. The zero-order valence-corrected chi connectivity index (χ0v) is 13.1. The first kappa shape index (κ1) is 14.1. The van der Waals surface area contributed by atoms with Crippen molar-refractivity contribution in [3.63, 3.8) is 0 Å². The minimum atomic E-state index is -0.172. The summed E-state index contributed by atoms with van der Waals surface area (Å²) in [6.07, 6.45) is 6.54. The first-order chi connectivity index (χ1) is 9.86. The molecular formula is C17H23N3O. The lowest BCUT2D eigenvalue weighted by Gasteiger charge is -2.28. The van der Waals surface area contributed by atoms with E-state index < -0.39 is 0 Å². The highest BCUT2D eigenvalue weighted by atomic mass is 16.5. The van der Waals surface area contributed by atoms with Crippen LogP contribution in [0.2, 0.25) is 0 Å². The molecule has 0 radical (unpaired) electrons. The van der Waals surface area contributed by atoms with Crippen molar-refractivity contribution < 1.29 is 4.74 Å². The number of imidazole rings is 1. The third-order valence-electron chi connectivity index (χ3n) is 4.06. The van der Waals surface area contributed by atoms with Crippen LogP contribution < -0.4 is 5.32 Å². The van der Waals surface area contributed by atoms with Crippen molar-refractivity contribution >= 4 is 5.69 Å². The van der Waals surface area contributed by atoms with E-state index in [2.05, 4.69) is 62.3 Å². The van der Waals surface area contributed by atoms with Crippen molar-refractivity contribution in [2.24, 2.45) is 0 Å². The second kappa shape index (κ2) is 4.88. The molecule has 4 nitrogen and oxygen atoms in total. The van der Waals surface area contributed by atoms with Crippen LogP contribution in [0.1, 0.15) is 34.1 Å². The number of benzene rings is 1. The molecule has 3 rings (SSSR count). The third-order valence-corrected chi connectivity index (χ3v) is 4.06. The van der Waals surface area contributed by atoms with Crippen molar-refractivity contribution in [2.75, 3.05) is 5.32 Å². The molecule has 4 heteroatoms. The second-order valence-corrected chi connectivity index (χ2v) is 6.89. The van der Waals surface area contributed by atoms with Gasteiger partial charge in [-0.1, -0.05) is 6.07 Å². The minimum absolute atomic E-state index is 0.0802. The number of ether oxygens (including phenoxy) is 1. The van der Waals surface area contributed by atoms with Crippen LogP contribution in [0.3, 0.4) is 0 Å². The van der Waals surface area contributed by atoms with Crippen molar-refractivity contribution in [3.05, 3.63) is 43.0 Å². The molecule has 1 saturated heterocycles. The van der Waals surface area contributed by atoms with E-state index in [-0.39, 0.29) is 11.2 Å². The number of aromatic nitrogens is 2. The molecule has 0 spiro atoms. The fraction of sp³-hybridized carbons (Fsp3) is 0.471. The lowest BCUT2D eigenvalue weighted by atomic mass is 9.94. The molecule has 1 aromatic carbocycles. The summed E-state index contributed by atoms with van der Waals surface area (Å²) in [4.78, 5) is 4.10. The Kier molecular flexibility index (Phi) is 3.29. The molecule has 0 amide bonds. The van der Waals surface area contributed by atoms with Gasteiger partial charge in [-0.15, -0.1) is 0 Å². The van der Waals surface area contributed by atoms with Gasteiger partial charge in [0.15, 0.2) is 0 Å². The molecule has 1 atom stereocenters. The van der Waals surface area contributed by atoms with Gasteiger partial charge in [0.05, 0.1) is 23.6 Å². The van der Waals surface area contributed by atoms with Crippen molar-refractivity contribution in [1.82, 2.24) is 9.55 Å². The maximum absolute atomic E-state index is 6.15. The molecule has 1 unspecified atom stereocenters. The lowest BCUT2D eigenvalue weighted by Crippen LogP contribution is -2.38. The van der Waals surface area contributed by atoms with E-state index in [0.717, 1.165) is 17.8 Å². The average molecular weight is 285 g/mol. The molecule has 1 aliphatic heterocycles. The Balaban J connectivity index is 1.81. The summed E-state index contributed by atoms with van der Waals surface area (Å²) in [6, 6.07) is 8.68. The summed E-state index contributed by atoms with van der Waals surface area (Å²) >= 11 is 0. The number of hydrogen-bond acceptors (Lipinski definition) is 3. The summed E-state index contributed by atoms with van der Waals surface area (Å²) in [5, 5.41) is 3.63. The molecule has 1 fully saturated rings. The third kappa shape index (κ3) is 2.95. The fourth-order valence-electron chi connectivity index (χ4n) is 3.16. The van der Waals surface area contributed by atoms with Crippen LogP contribution in [0.5, 0.6) is 0 Å². The Bertz CT molecular complexity index is 617. The van der Waals surface area contributed by atoms with Crippen LogP contribution in [0.25, 0.3) is 5.69 Å². The zero-order chi connectivity index (χ0) is 15.1. The van der Waals surface area contributed by atoms with Crippen LogP contribution in [0.4, 0.5) is 5.69 Å². The fourth-order valence-corrected chi connectivity index (χ4v) is 3.16. The Labute approximate surface area is 126 Å². The molecule has 2 aromatic rings. The molecule has 2 heterocycles. The Morgan fingerprint density at radius 1 is 1.29 bits per heavy atom. The zero-order valence-electron chi connectivity index (χ0n) is 13.1. The van der Waals surface area contributed by atoms with Gasteiger partial charge in [0, 0.05) is 23.8 Å². The highest BCUT2D eigenvalue weighted by Gasteiger charge is 2.45. The van der Waals surface area contributed by atoms with Gasteiger partial charge >= 0.3 is 0 Å². The number of anilines is 1. The predicted molar refractivity (Wildman–Crippen MR) is 84.8 cm³/mol. The highest BCUT2D eigenvalue weighted by Crippen LogP contribution is 2.38. The normalized spacial score (nSPS) is 23.1. The van der Waals surface area contributed by atoms with Gasteiger partial charge in [-0.05, 0) is 52.3 Å². The molecule has 21 heavy (non-hydrogen) atoms. The van der Waals surface area contributed by atoms with Gasteiger partial charge in [0.2, 0.25) is 0 Å². The Morgan fingerprint density at radius 2 is 2.10 bits per heavy atom. The van der Waals surface area contributed by atoms with Crippen LogP contribution in [0.15, 0.2) is 43.0 Å². The second-order valence-electron chi connectivity index (χ2n) is 6.89. The summed E-state index contributed by atoms with van der Waals surface area (Å²) in [5.74, 6) is 0. The van der Waals surface area contributed by atoms with E-state index in [4.69, 9.17) is 4.74 Å². The van der Waals surface area contributed by atoms with Gasteiger partial charge in [-0.3, -0.25) is 0 Å². The SMILES string of the molecule is CC1(C)CC(Nc2cccc(-n3ccnc3)c2)C(C)(C)O1. The van der Waals surface area contributed by atoms with Gasteiger partial charge in [-0.2, -0.15) is 0 Å². The van der Waals surface area contributed by atoms with Crippen LogP contribution >= 0.6 is 0 Å². The lowest BCUT2D eigenvalue weighted by molar-refractivity contribution is -0.0662. The topological polar surface area (TPSA) is 39.1 Å². The summed E-state index contributed by atoms with van der Waals surface area (Å²) in [6.45, 7) is 8.61. The maximum Gasteiger partial charge on any atom is 0.0991 e. The molecule has 1 aliphatic rings. The molecule has 0 aliphatic carbocycles. The van der Waals surface area contributed by atoms with Crippen molar-refractivity contribution in [3.8, 4) is 5.69 Å². The van der Waals surface area contributed by atoms with E-state index in [1.54, 1.807) is 6.20 Å². The molecule has 1 aromatic heterocycles. The van der Waals surface area contributed by atoms with E-state index in [1.165, 1.54) is 0 Å². The summed E-state index contributed by atoms with van der Waals surface area (Å²) in [7, 11) is 0. The van der Waals surface area contributed by atoms with E-state index in [9.17, 15) is 0 Å². The van der Waals surface area contributed by atoms with E-state index >= 15 is 0 Å². The quantitative estimate of drug-likeness (QED) is 0.936. The summed E-state index contributed by atoms with van der Waals surface area (Å²) in [5.41, 5.74) is 1.96. The summed E-state index contributed by atoms with van der Waals surface area (Å²) < 4.78 is 8.15. The molecule has 0 bridgehead atoms.